The van der Waals surface area contributed by atoms with E-state index in [1.807, 2.05) is 43.9 Å². The molecule has 3 fully saturated rings. The first-order valence-corrected chi connectivity index (χ1v) is 8.95. The Kier molecular flexibility index (Phi) is 4.54. The van der Waals surface area contributed by atoms with Crippen LogP contribution in [-0.2, 0) is 4.74 Å². The maximum atomic E-state index is 12.4. The lowest BCUT2D eigenvalue weighted by Gasteiger charge is -2.49. The van der Waals surface area contributed by atoms with Gasteiger partial charge in [0.2, 0.25) is 0 Å². The molecule has 3 nitrogen and oxygen atoms in total. The fraction of sp³-hybridized carbons (Fsp3) is 0.611. The van der Waals surface area contributed by atoms with Gasteiger partial charge in [-0.25, -0.2) is 4.79 Å². The van der Waals surface area contributed by atoms with Gasteiger partial charge < -0.3 is 9.64 Å². The smallest absolute Gasteiger partial charge is 0.410 e. The summed E-state index contributed by atoms with van der Waals surface area (Å²) < 4.78 is 5.55. The Morgan fingerprint density at radius 3 is 2.39 bits per heavy atom. The van der Waals surface area contributed by atoms with Gasteiger partial charge in [-0.15, -0.1) is 0 Å². The highest BCUT2D eigenvalue weighted by Gasteiger charge is 2.45. The monoisotopic (exact) mass is 355 g/mol. The molecule has 3 unspecified atom stereocenters. The van der Waals surface area contributed by atoms with Crippen LogP contribution in [0, 0.1) is 5.92 Å². The van der Waals surface area contributed by atoms with E-state index in [0.29, 0.717) is 11.8 Å². The van der Waals surface area contributed by atoms with Crippen molar-refractivity contribution in [1.82, 2.24) is 4.90 Å². The van der Waals surface area contributed by atoms with E-state index in [1.165, 1.54) is 0 Å². The Morgan fingerprint density at radius 1 is 1.22 bits per heavy atom. The van der Waals surface area contributed by atoms with E-state index in [1.54, 1.807) is 0 Å². The maximum Gasteiger partial charge on any atom is 0.410 e. The second-order valence-corrected chi connectivity index (χ2v) is 8.42. The molecular formula is C18H23Cl2NO2. The van der Waals surface area contributed by atoms with E-state index in [2.05, 4.69) is 0 Å². The van der Waals surface area contributed by atoms with Gasteiger partial charge in [0, 0.05) is 22.6 Å². The van der Waals surface area contributed by atoms with Crippen molar-refractivity contribution in [3.8, 4) is 0 Å². The van der Waals surface area contributed by atoms with Crippen LogP contribution in [0.25, 0.3) is 0 Å². The molecule has 1 amide bonds. The highest BCUT2D eigenvalue weighted by Crippen LogP contribution is 2.48. The van der Waals surface area contributed by atoms with Crippen LogP contribution in [0.3, 0.4) is 0 Å². The highest BCUT2D eigenvalue weighted by atomic mass is 35.5. The Balaban J connectivity index is 1.79. The minimum absolute atomic E-state index is 0.198. The van der Waals surface area contributed by atoms with Crippen molar-refractivity contribution >= 4 is 29.3 Å². The molecule has 1 aromatic rings. The summed E-state index contributed by atoms with van der Waals surface area (Å²) >= 11 is 12.8. The summed E-state index contributed by atoms with van der Waals surface area (Å²) in [6.07, 6.45) is 2.85. The van der Waals surface area contributed by atoms with Crippen molar-refractivity contribution in [3.05, 3.63) is 33.8 Å². The van der Waals surface area contributed by atoms with Crippen molar-refractivity contribution in [2.45, 2.75) is 57.6 Å². The normalized spacial score (nSPS) is 27.2. The first kappa shape index (κ1) is 16.9. The van der Waals surface area contributed by atoms with E-state index in [0.717, 1.165) is 41.4 Å². The molecule has 4 rings (SSSR count). The zero-order valence-corrected chi connectivity index (χ0v) is 15.3. The summed E-state index contributed by atoms with van der Waals surface area (Å²) in [6, 6.07) is 5.89. The number of hydrogen-bond donors (Lipinski definition) is 0. The molecule has 3 aliphatic rings. The lowest BCUT2D eigenvalue weighted by molar-refractivity contribution is -0.0179. The second-order valence-electron chi connectivity index (χ2n) is 7.60. The fourth-order valence-electron chi connectivity index (χ4n) is 3.88. The number of halogens is 2. The lowest BCUT2D eigenvalue weighted by Crippen LogP contribution is -2.54. The van der Waals surface area contributed by atoms with Crippen molar-refractivity contribution in [1.29, 1.82) is 0 Å². The predicted molar refractivity (Wildman–Crippen MR) is 93.3 cm³/mol. The minimum atomic E-state index is -0.459. The van der Waals surface area contributed by atoms with Gasteiger partial charge in [-0.05, 0) is 69.6 Å². The van der Waals surface area contributed by atoms with Crippen LogP contribution in [0.15, 0.2) is 18.2 Å². The van der Waals surface area contributed by atoms with Crippen LogP contribution in [0.1, 0.15) is 51.5 Å². The summed E-state index contributed by atoms with van der Waals surface area (Å²) in [5, 5.41) is 1.47. The van der Waals surface area contributed by atoms with E-state index >= 15 is 0 Å². The SMILES string of the molecule is CC(C)(C)OC(=O)N1CC2CCC1CC2c1c(Cl)cccc1Cl. The fourth-order valence-corrected chi connectivity index (χ4v) is 4.55. The largest absolute Gasteiger partial charge is 0.444 e. The van der Waals surface area contributed by atoms with E-state index < -0.39 is 5.60 Å². The van der Waals surface area contributed by atoms with Crippen LogP contribution in [-0.4, -0.2) is 29.2 Å². The van der Waals surface area contributed by atoms with Crippen molar-refractivity contribution < 1.29 is 9.53 Å². The Morgan fingerprint density at radius 2 is 1.87 bits per heavy atom. The third kappa shape index (κ3) is 3.46. The summed E-state index contributed by atoms with van der Waals surface area (Å²) in [7, 11) is 0. The third-order valence-electron chi connectivity index (χ3n) is 4.84. The molecule has 2 saturated heterocycles. The molecule has 1 aliphatic carbocycles. The lowest BCUT2D eigenvalue weighted by atomic mass is 9.69. The molecule has 2 aliphatic heterocycles. The molecule has 0 aromatic heterocycles. The molecule has 0 N–H and O–H groups in total. The molecule has 5 heteroatoms. The third-order valence-corrected chi connectivity index (χ3v) is 5.50. The molecule has 23 heavy (non-hydrogen) atoms. The molecule has 0 radical (unpaired) electrons. The standard InChI is InChI=1S/C18H23Cl2NO2/c1-18(2,3)23-17(22)21-10-11-7-8-12(21)9-13(11)16-14(19)5-4-6-15(16)20/h4-6,11-13H,7-10H2,1-3H3. The number of benzene rings is 1. The van der Waals surface area contributed by atoms with Crippen molar-refractivity contribution in [2.24, 2.45) is 5.92 Å². The zero-order valence-electron chi connectivity index (χ0n) is 13.8. The van der Waals surface area contributed by atoms with Crippen molar-refractivity contribution in [2.75, 3.05) is 6.54 Å². The Labute approximate surface area is 147 Å². The Bertz CT molecular complexity index is 591. The highest BCUT2D eigenvalue weighted by molar-refractivity contribution is 6.36. The number of piperidine rings is 2. The van der Waals surface area contributed by atoms with Gasteiger partial charge in [0.15, 0.2) is 0 Å². The summed E-state index contributed by atoms with van der Waals surface area (Å²) in [4.78, 5) is 14.3. The van der Waals surface area contributed by atoms with E-state index in [-0.39, 0.29) is 12.1 Å². The summed E-state index contributed by atoms with van der Waals surface area (Å²) in [5.74, 6) is 0.721. The molecule has 3 atom stereocenters. The topological polar surface area (TPSA) is 29.5 Å². The molecule has 2 bridgehead atoms. The number of hydrogen-bond acceptors (Lipinski definition) is 2. The average Bonchev–Trinajstić information content (AvgIpc) is 2.46. The predicted octanol–water partition coefficient (Wildman–Crippen LogP) is 5.50. The molecule has 1 saturated carbocycles. The summed E-state index contributed by atoms with van der Waals surface area (Å²) in [6.45, 7) is 6.43. The number of nitrogens with zero attached hydrogens (tertiary/aromatic N) is 1. The molecule has 126 valence electrons. The quantitative estimate of drug-likeness (QED) is 0.665. The van der Waals surface area contributed by atoms with Gasteiger partial charge in [-0.1, -0.05) is 29.3 Å². The number of amides is 1. The van der Waals surface area contributed by atoms with E-state index in [4.69, 9.17) is 27.9 Å². The van der Waals surface area contributed by atoms with Crippen LogP contribution in [0.5, 0.6) is 0 Å². The first-order chi connectivity index (χ1) is 10.8. The molecule has 0 spiro atoms. The van der Waals surface area contributed by atoms with Gasteiger partial charge in [-0.3, -0.25) is 0 Å². The second kappa shape index (κ2) is 6.18. The van der Waals surface area contributed by atoms with Gasteiger partial charge >= 0.3 is 6.09 Å². The first-order valence-electron chi connectivity index (χ1n) is 8.20. The summed E-state index contributed by atoms with van der Waals surface area (Å²) in [5.41, 5.74) is 0.591. The van der Waals surface area contributed by atoms with E-state index in [9.17, 15) is 4.79 Å². The van der Waals surface area contributed by atoms with Gasteiger partial charge in [0.05, 0.1) is 0 Å². The molecule has 2 heterocycles. The van der Waals surface area contributed by atoms with Gasteiger partial charge in [0.25, 0.3) is 0 Å². The van der Waals surface area contributed by atoms with Crippen LogP contribution in [0.2, 0.25) is 10.0 Å². The Hall–Kier alpha value is -0.930. The number of ether oxygens (including phenoxy) is 1. The van der Waals surface area contributed by atoms with Crippen LogP contribution >= 0.6 is 23.2 Å². The number of fused-ring (bicyclic) bond motifs is 3. The average molecular weight is 356 g/mol. The van der Waals surface area contributed by atoms with Crippen LogP contribution in [0.4, 0.5) is 4.79 Å². The zero-order chi connectivity index (χ0) is 16.8. The van der Waals surface area contributed by atoms with Gasteiger partial charge in [0.1, 0.15) is 5.60 Å². The maximum absolute atomic E-state index is 12.4. The number of carbonyl (C=O) groups excluding carboxylic acids is 1. The minimum Gasteiger partial charge on any atom is -0.444 e. The molecule has 1 aromatic carbocycles. The van der Waals surface area contributed by atoms with Crippen LogP contribution < -0.4 is 0 Å². The number of rotatable bonds is 1. The number of carbonyl (C=O) groups is 1. The van der Waals surface area contributed by atoms with Gasteiger partial charge in [-0.2, -0.15) is 0 Å². The molecular weight excluding hydrogens is 333 g/mol. The van der Waals surface area contributed by atoms with Crippen molar-refractivity contribution in [3.63, 3.8) is 0 Å².